The van der Waals surface area contributed by atoms with Gasteiger partial charge in [0.25, 0.3) is 5.91 Å². The second-order valence-corrected chi connectivity index (χ2v) is 7.17. The number of benzene rings is 2. The Balaban J connectivity index is 1.92. The van der Waals surface area contributed by atoms with Crippen molar-refractivity contribution < 1.29 is 17.9 Å². The third kappa shape index (κ3) is 4.82. The van der Waals surface area contributed by atoms with Gasteiger partial charge in [0.05, 0.1) is 17.0 Å². The largest absolute Gasteiger partial charge is 0.492 e. The second kappa shape index (κ2) is 7.28. The van der Waals surface area contributed by atoms with E-state index >= 15 is 0 Å². The van der Waals surface area contributed by atoms with Crippen LogP contribution in [0.1, 0.15) is 15.9 Å². The van der Waals surface area contributed by atoms with E-state index in [-0.39, 0.29) is 17.0 Å². The van der Waals surface area contributed by atoms with Gasteiger partial charge >= 0.3 is 0 Å². The van der Waals surface area contributed by atoms with E-state index in [0.29, 0.717) is 6.61 Å². The highest BCUT2D eigenvalue weighted by Gasteiger charge is 2.17. The standard InChI is InChI=1S/C17H19NO4S/c1-13-7-9-14(10-8-13)22-12-11-18-17(19)15-5-3-4-6-16(15)23(2,20)21/h3-10H,11-12H2,1-2H3,(H,18,19). The van der Waals surface area contributed by atoms with E-state index in [2.05, 4.69) is 5.32 Å². The van der Waals surface area contributed by atoms with Crippen molar-refractivity contribution in [3.63, 3.8) is 0 Å². The molecule has 0 unspecified atom stereocenters. The highest BCUT2D eigenvalue weighted by Crippen LogP contribution is 2.15. The summed E-state index contributed by atoms with van der Waals surface area (Å²) < 4.78 is 28.9. The Morgan fingerprint density at radius 3 is 2.39 bits per heavy atom. The lowest BCUT2D eigenvalue weighted by Gasteiger charge is -2.10. The van der Waals surface area contributed by atoms with Gasteiger partial charge in [0.15, 0.2) is 9.84 Å². The van der Waals surface area contributed by atoms with Gasteiger partial charge in [-0.05, 0) is 31.2 Å². The Hall–Kier alpha value is -2.34. The minimum absolute atomic E-state index is 0.0250. The van der Waals surface area contributed by atoms with Gasteiger partial charge in [-0.1, -0.05) is 29.8 Å². The summed E-state index contributed by atoms with van der Waals surface area (Å²) >= 11 is 0. The smallest absolute Gasteiger partial charge is 0.252 e. The molecule has 0 saturated heterocycles. The van der Waals surface area contributed by atoms with Crippen LogP contribution in [0.4, 0.5) is 0 Å². The highest BCUT2D eigenvalue weighted by atomic mass is 32.2. The molecular weight excluding hydrogens is 314 g/mol. The van der Waals surface area contributed by atoms with Gasteiger partial charge in [-0.15, -0.1) is 0 Å². The van der Waals surface area contributed by atoms with Gasteiger partial charge in [-0.25, -0.2) is 8.42 Å². The van der Waals surface area contributed by atoms with Gasteiger partial charge in [-0.2, -0.15) is 0 Å². The Kier molecular flexibility index (Phi) is 5.39. The van der Waals surface area contributed by atoms with Crippen LogP contribution in [0.3, 0.4) is 0 Å². The first-order valence-electron chi connectivity index (χ1n) is 7.14. The van der Waals surface area contributed by atoms with Crippen LogP contribution < -0.4 is 10.1 Å². The first kappa shape index (κ1) is 17.0. The van der Waals surface area contributed by atoms with Crippen molar-refractivity contribution >= 4 is 15.7 Å². The van der Waals surface area contributed by atoms with Gasteiger partial charge in [0.1, 0.15) is 12.4 Å². The van der Waals surface area contributed by atoms with Crippen LogP contribution in [-0.4, -0.2) is 33.7 Å². The number of carbonyl (C=O) groups excluding carboxylic acids is 1. The molecule has 2 aromatic carbocycles. The highest BCUT2D eigenvalue weighted by molar-refractivity contribution is 7.90. The minimum Gasteiger partial charge on any atom is -0.492 e. The maximum Gasteiger partial charge on any atom is 0.252 e. The molecule has 23 heavy (non-hydrogen) atoms. The molecule has 5 nitrogen and oxygen atoms in total. The van der Waals surface area contributed by atoms with Gasteiger partial charge in [-0.3, -0.25) is 4.79 Å². The number of sulfone groups is 1. The van der Waals surface area contributed by atoms with Crippen LogP contribution in [0.25, 0.3) is 0 Å². The van der Waals surface area contributed by atoms with Crippen LogP contribution in [0, 0.1) is 6.92 Å². The molecule has 0 bridgehead atoms. The molecule has 2 rings (SSSR count). The zero-order chi connectivity index (χ0) is 16.9. The van der Waals surface area contributed by atoms with E-state index in [9.17, 15) is 13.2 Å². The Labute approximate surface area is 136 Å². The van der Waals surface area contributed by atoms with Crippen molar-refractivity contribution in [2.45, 2.75) is 11.8 Å². The summed E-state index contributed by atoms with van der Waals surface area (Å²) in [6.07, 6.45) is 1.08. The first-order valence-corrected chi connectivity index (χ1v) is 9.04. The van der Waals surface area contributed by atoms with Crippen molar-refractivity contribution in [1.29, 1.82) is 0 Å². The summed E-state index contributed by atoms with van der Waals surface area (Å²) in [6.45, 7) is 2.57. The van der Waals surface area contributed by atoms with Crippen molar-refractivity contribution in [2.24, 2.45) is 0 Å². The molecule has 0 aliphatic heterocycles. The summed E-state index contributed by atoms with van der Waals surface area (Å²) in [4.78, 5) is 12.2. The molecule has 0 aliphatic carbocycles. The molecule has 0 radical (unpaired) electrons. The van der Waals surface area contributed by atoms with Crippen molar-refractivity contribution in [3.8, 4) is 5.75 Å². The fourth-order valence-electron chi connectivity index (χ4n) is 2.04. The number of rotatable bonds is 6. The number of aryl methyl sites for hydroxylation is 1. The number of ether oxygens (including phenoxy) is 1. The van der Waals surface area contributed by atoms with E-state index in [1.54, 1.807) is 12.1 Å². The number of hydrogen-bond donors (Lipinski definition) is 1. The SMILES string of the molecule is Cc1ccc(OCCNC(=O)c2ccccc2S(C)(=O)=O)cc1. The Morgan fingerprint density at radius 2 is 1.74 bits per heavy atom. The molecule has 0 saturated carbocycles. The average molecular weight is 333 g/mol. The fourth-order valence-corrected chi connectivity index (χ4v) is 2.93. The molecule has 0 aliphatic rings. The Morgan fingerprint density at radius 1 is 1.09 bits per heavy atom. The molecule has 0 atom stereocenters. The lowest BCUT2D eigenvalue weighted by atomic mass is 10.2. The van der Waals surface area contributed by atoms with E-state index in [1.807, 2.05) is 31.2 Å². The maximum absolute atomic E-state index is 12.1. The lowest BCUT2D eigenvalue weighted by molar-refractivity contribution is 0.0943. The first-order chi connectivity index (χ1) is 10.9. The van der Waals surface area contributed by atoms with Gasteiger partial charge in [0, 0.05) is 6.26 Å². The normalized spacial score (nSPS) is 11.0. The monoisotopic (exact) mass is 333 g/mol. The molecule has 0 spiro atoms. The predicted molar refractivity (Wildman–Crippen MR) is 88.6 cm³/mol. The van der Waals surface area contributed by atoms with Crippen LogP contribution in [0.2, 0.25) is 0 Å². The van der Waals surface area contributed by atoms with Crippen molar-refractivity contribution in [3.05, 3.63) is 59.7 Å². The molecule has 0 heterocycles. The van der Waals surface area contributed by atoms with Gasteiger partial charge < -0.3 is 10.1 Å². The number of amides is 1. The summed E-state index contributed by atoms with van der Waals surface area (Å²) in [5.41, 5.74) is 1.29. The summed E-state index contributed by atoms with van der Waals surface area (Å²) in [6, 6.07) is 13.7. The Bertz CT molecular complexity index is 782. The minimum atomic E-state index is -3.45. The van der Waals surface area contributed by atoms with Crippen LogP contribution in [-0.2, 0) is 9.84 Å². The summed E-state index contributed by atoms with van der Waals surface area (Å²) in [5.74, 6) is 0.292. The van der Waals surface area contributed by atoms with E-state index in [1.165, 1.54) is 12.1 Å². The lowest BCUT2D eigenvalue weighted by Crippen LogP contribution is -2.29. The number of hydrogen-bond acceptors (Lipinski definition) is 4. The van der Waals surface area contributed by atoms with Crippen LogP contribution in [0.15, 0.2) is 53.4 Å². The molecular formula is C17H19NO4S. The molecule has 1 N–H and O–H groups in total. The predicted octanol–water partition coefficient (Wildman–Crippen LogP) is 2.21. The quantitative estimate of drug-likeness (QED) is 0.823. The maximum atomic E-state index is 12.1. The molecule has 6 heteroatoms. The van der Waals surface area contributed by atoms with Crippen LogP contribution >= 0.6 is 0 Å². The third-order valence-corrected chi connectivity index (χ3v) is 4.36. The van der Waals surface area contributed by atoms with Crippen molar-refractivity contribution in [1.82, 2.24) is 5.32 Å². The topological polar surface area (TPSA) is 72.5 Å². The van der Waals surface area contributed by atoms with E-state index < -0.39 is 15.7 Å². The number of carbonyl (C=O) groups is 1. The van der Waals surface area contributed by atoms with E-state index in [4.69, 9.17) is 4.74 Å². The second-order valence-electron chi connectivity index (χ2n) is 5.19. The zero-order valence-electron chi connectivity index (χ0n) is 13.1. The van der Waals surface area contributed by atoms with E-state index in [0.717, 1.165) is 17.6 Å². The average Bonchev–Trinajstić information content (AvgIpc) is 2.52. The fraction of sp³-hybridized carbons (Fsp3) is 0.235. The zero-order valence-corrected chi connectivity index (χ0v) is 13.9. The third-order valence-electron chi connectivity index (χ3n) is 3.21. The van der Waals surface area contributed by atoms with Crippen LogP contribution in [0.5, 0.6) is 5.75 Å². The van der Waals surface area contributed by atoms with Gasteiger partial charge in [0.2, 0.25) is 0 Å². The number of nitrogens with one attached hydrogen (secondary N) is 1. The van der Waals surface area contributed by atoms with Crippen molar-refractivity contribution in [2.75, 3.05) is 19.4 Å². The molecule has 1 amide bonds. The molecule has 2 aromatic rings. The molecule has 0 aromatic heterocycles. The molecule has 0 fully saturated rings. The summed E-state index contributed by atoms with van der Waals surface area (Å²) in [5, 5.41) is 2.66. The summed E-state index contributed by atoms with van der Waals surface area (Å²) in [7, 11) is -3.45. The molecule has 122 valence electrons.